The molecule has 1 saturated heterocycles. The predicted molar refractivity (Wildman–Crippen MR) is 291 cm³/mol. The maximum Gasteiger partial charge on any atom is 0.338 e. The predicted octanol–water partition coefficient (Wildman–Crippen LogP) is 10.0. The van der Waals surface area contributed by atoms with Gasteiger partial charge in [-0.1, -0.05) is 111 Å². The van der Waals surface area contributed by atoms with Crippen LogP contribution in [0.5, 0.6) is 0 Å². The molecule has 1 aliphatic heterocycles. The van der Waals surface area contributed by atoms with Gasteiger partial charge < -0.3 is 43.0 Å². The average molecular weight is 1090 g/mol. The summed E-state index contributed by atoms with van der Waals surface area (Å²) in [5.74, 6) is -5.65. The van der Waals surface area contributed by atoms with Gasteiger partial charge in [0.25, 0.3) is 5.91 Å². The summed E-state index contributed by atoms with van der Waals surface area (Å²) in [6, 6.07) is 18.4. The van der Waals surface area contributed by atoms with Crippen molar-refractivity contribution in [3.8, 4) is 0 Å². The van der Waals surface area contributed by atoms with Crippen LogP contribution in [0.3, 0.4) is 0 Å². The number of nitrogens with one attached hydrogen (secondary N) is 1. The van der Waals surface area contributed by atoms with Crippen LogP contribution >= 0.6 is 0 Å². The number of hydrogen-bond acceptors (Lipinski definition) is 14. The second-order valence-electron chi connectivity index (χ2n) is 24.6. The fourth-order valence-corrected chi connectivity index (χ4v) is 17.4. The van der Waals surface area contributed by atoms with E-state index in [-0.39, 0.29) is 36.0 Å². The van der Waals surface area contributed by atoms with E-state index in [4.69, 9.17) is 32.5 Å². The number of esters is 4. The zero-order chi connectivity index (χ0) is 56.0. The summed E-state index contributed by atoms with van der Waals surface area (Å²) >= 11 is 0. The van der Waals surface area contributed by atoms with E-state index in [9.17, 15) is 24.3 Å². The van der Waals surface area contributed by atoms with Crippen molar-refractivity contribution in [2.75, 3.05) is 6.61 Å². The number of fused-ring (bicyclic) bond motifs is 5. The third kappa shape index (κ3) is 10.7. The maximum absolute atomic E-state index is 16.6. The Morgan fingerprint density at radius 3 is 1.92 bits per heavy atom. The standard InChI is InChI=1S/C59H85NO14Si2/c1-15-76(16-2,17-3)73-43-33-44-58(35-68-44,72-38(6)62)49-51(71-53(65)41-31-25-20-26-32-41)59(67)34-42(36(4)45(56(59,10)11)47(69-37(5)61)50(63)57(43,49)12)70-54(66)48(74-75(13,14)55(7,8)9)46(39-27-21-18-22-28-39)60-52(64)40-29-23-19-24-30-40/h19-20,23-26,29-32,39,42-44,46-49,51,67H,15-18,21-22,27-28,33-35H2,1-14H3,(H,60,64)/t42-,43-,44+,46-,47+,48+,49-,51-,57+,58-,59+/m0/s1. The number of Topliss-reactive ketones (excluding diaryl/α,β-unsaturated/α-hetero) is 1. The molecule has 1 amide bonds. The van der Waals surface area contributed by atoms with Gasteiger partial charge in [-0.3, -0.25) is 19.2 Å². The Balaban J connectivity index is 1.48. The van der Waals surface area contributed by atoms with Gasteiger partial charge in [0.15, 0.2) is 40.2 Å². The summed E-state index contributed by atoms with van der Waals surface area (Å²) in [6.45, 7) is 25.5. The molecule has 0 radical (unpaired) electrons. The third-order valence-electron chi connectivity index (χ3n) is 19.0. The Bertz CT molecular complexity index is 2510. The molecule has 2 aromatic carbocycles. The molecule has 15 nitrogen and oxygen atoms in total. The fourth-order valence-electron chi connectivity index (χ4n) is 13.2. The first-order valence-corrected chi connectivity index (χ1v) is 33.2. The number of benzene rings is 2. The zero-order valence-corrected chi connectivity index (χ0v) is 49.5. The molecule has 3 saturated carbocycles. The van der Waals surface area contributed by atoms with E-state index in [1.807, 2.05) is 19.2 Å². The van der Waals surface area contributed by atoms with E-state index in [2.05, 4.69) is 46.9 Å². The van der Waals surface area contributed by atoms with Crippen molar-refractivity contribution in [1.29, 1.82) is 0 Å². The second-order valence-corrected chi connectivity index (χ2v) is 34.1. The molecule has 2 N–H and O–H groups in total. The topological polar surface area (TPSA) is 199 Å². The minimum atomic E-state index is -2.87. The average Bonchev–Trinajstić information content (AvgIpc) is 3.54. The van der Waals surface area contributed by atoms with Gasteiger partial charge >= 0.3 is 23.9 Å². The van der Waals surface area contributed by atoms with Gasteiger partial charge in [-0.15, -0.1) is 0 Å². The highest BCUT2D eigenvalue weighted by Crippen LogP contribution is 2.65. The van der Waals surface area contributed by atoms with Crippen LogP contribution in [0.15, 0.2) is 71.8 Å². The van der Waals surface area contributed by atoms with Crippen molar-refractivity contribution in [3.63, 3.8) is 0 Å². The molecule has 5 aliphatic rings. The lowest BCUT2D eigenvalue weighted by Gasteiger charge is -2.68. The Labute approximate surface area is 452 Å². The SMILES string of the molecule is CC[Si](CC)(CC)O[C@H]1C[C@H]2OC[C@@]2(OC(C)=O)[C@H]2[C@H](OC(=O)c3ccccc3)[C@]3(O)C[C@H](OC(=O)[C@H](O[Si](C)(C)C(C)(C)C)[C@@H](NC(=O)c4ccccc4)C4CCCCC4)C(C)=C([C@@H](OC(C)=O)C(=O)[C@]12C)C3(C)C. The van der Waals surface area contributed by atoms with Gasteiger partial charge in [-0.25, -0.2) is 9.59 Å². The van der Waals surface area contributed by atoms with E-state index < -0.39 is 128 Å². The molecule has 0 aromatic heterocycles. The number of aliphatic hydroxyl groups is 1. The number of hydrogen-bond donors (Lipinski definition) is 2. The molecule has 11 atom stereocenters. The van der Waals surface area contributed by atoms with E-state index in [0.29, 0.717) is 29.3 Å². The van der Waals surface area contributed by atoms with Crippen LogP contribution in [0, 0.1) is 22.7 Å². The molecule has 76 heavy (non-hydrogen) atoms. The lowest BCUT2D eigenvalue weighted by atomic mass is 9.44. The van der Waals surface area contributed by atoms with E-state index in [1.54, 1.807) is 82.3 Å². The summed E-state index contributed by atoms with van der Waals surface area (Å²) in [5, 5.41) is 17.3. The van der Waals surface area contributed by atoms with Crippen molar-refractivity contribution >= 4 is 52.2 Å². The number of rotatable bonds is 17. The Hall–Kier alpha value is -4.53. The van der Waals surface area contributed by atoms with Crippen LogP contribution in [-0.4, -0.2) is 118 Å². The van der Waals surface area contributed by atoms with Crippen molar-refractivity contribution in [3.05, 3.63) is 82.9 Å². The van der Waals surface area contributed by atoms with Crippen LogP contribution in [-0.2, 0) is 51.7 Å². The number of ketones is 1. The number of carbonyl (C=O) groups excluding carboxylic acids is 6. The van der Waals surface area contributed by atoms with E-state index in [1.165, 1.54) is 13.8 Å². The first-order chi connectivity index (χ1) is 35.6. The fraction of sp³-hybridized carbons (Fsp3) is 0.661. The Morgan fingerprint density at radius 1 is 0.829 bits per heavy atom. The van der Waals surface area contributed by atoms with Gasteiger partial charge in [0.1, 0.15) is 23.9 Å². The number of ether oxygens (including phenoxy) is 5. The lowest BCUT2D eigenvalue weighted by molar-refractivity contribution is -0.344. The number of carbonyl (C=O) groups is 6. The highest BCUT2D eigenvalue weighted by Gasteiger charge is 2.79. The second kappa shape index (κ2) is 22.3. The van der Waals surface area contributed by atoms with Gasteiger partial charge in [-0.2, -0.15) is 0 Å². The minimum absolute atomic E-state index is 0.103. The van der Waals surface area contributed by atoms with Crippen LogP contribution in [0.25, 0.3) is 0 Å². The Morgan fingerprint density at radius 2 is 1.41 bits per heavy atom. The smallest absolute Gasteiger partial charge is 0.338 e. The number of amides is 1. The summed E-state index contributed by atoms with van der Waals surface area (Å²) in [7, 11) is -5.51. The summed E-state index contributed by atoms with van der Waals surface area (Å²) in [6.07, 6.45) is -3.98. The summed E-state index contributed by atoms with van der Waals surface area (Å²) in [4.78, 5) is 88.8. The molecule has 17 heteroatoms. The van der Waals surface area contributed by atoms with Crippen LogP contribution in [0.4, 0.5) is 0 Å². The van der Waals surface area contributed by atoms with Gasteiger partial charge in [0.05, 0.1) is 35.6 Å². The van der Waals surface area contributed by atoms with E-state index >= 15 is 9.59 Å². The van der Waals surface area contributed by atoms with Gasteiger partial charge in [0.2, 0.25) is 0 Å². The van der Waals surface area contributed by atoms with Crippen molar-refractivity contribution in [2.24, 2.45) is 22.7 Å². The quantitative estimate of drug-likeness (QED) is 0.0656. The molecule has 2 aromatic rings. The minimum Gasteiger partial charge on any atom is -0.456 e. The highest BCUT2D eigenvalue weighted by molar-refractivity contribution is 6.74. The van der Waals surface area contributed by atoms with Crippen LogP contribution in [0.1, 0.15) is 149 Å². The van der Waals surface area contributed by atoms with E-state index in [0.717, 1.165) is 32.1 Å². The van der Waals surface area contributed by atoms with Crippen LogP contribution < -0.4 is 5.32 Å². The molecule has 4 aliphatic carbocycles. The molecular weight excluding hydrogens is 1000 g/mol. The monoisotopic (exact) mass is 1090 g/mol. The van der Waals surface area contributed by atoms with Crippen molar-refractivity contribution < 1.29 is 66.4 Å². The maximum atomic E-state index is 16.6. The molecule has 7 rings (SSSR count). The lowest BCUT2D eigenvalue weighted by Crippen LogP contribution is -2.82. The molecular formula is C59H85NO14Si2. The van der Waals surface area contributed by atoms with Crippen LogP contribution in [0.2, 0.25) is 36.3 Å². The first kappa shape index (κ1) is 59.1. The van der Waals surface area contributed by atoms with Crippen molar-refractivity contribution in [1.82, 2.24) is 5.32 Å². The van der Waals surface area contributed by atoms with Gasteiger partial charge in [0, 0.05) is 37.7 Å². The van der Waals surface area contributed by atoms with Crippen molar-refractivity contribution in [2.45, 2.75) is 218 Å². The Kier molecular flexibility index (Phi) is 17.4. The molecule has 0 spiro atoms. The zero-order valence-electron chi connectivity index (χ0n) is 47.5. The molecule has 1 heterocycles. The summed E-state index contributed by atoms with van der Waals surface area (Å²) in [5.41, 5.74) is -6.31. The van der Waals surface area contributed by atoms with Gasteiger partial charge in [-0.05, 0) is 104 Å². The molecule has 0 unspecified atom stereocenters. The molecule has 418 valence electrons. The highest BCUT2D eigenvalue weighted by atomic mass is 28.4. The first-order valence-electron chi connectivity index (χ1n) is 27.7. The summed E-state index contributed by atoms with van der Waals surface area (Å²) < 4.78 is 47.3. The molecule has 4 fully saturated rings. The largest absolute Gasteiger partial charge is 0.456 e. The third-order valence-corrected chi connectivity index (χ3v) is 28.1. The normalized spacial score (nSPS) is 30.4. The molecule has 2 bridgehead atoms.